The van der Waals surface area contributed by atoms with Gasteiger partial charge >= 0.3 is 11.8 Å². The summed E-state index contributed by atoms with van der Waals surface area (Å²) in [6.07, 6.45) is 0. The summed E-state index contributed by atoms with van der Waals surface area (Å²) in [6.45, 7) is 3.23. The lowest BCUT2D eigenvalue weighted by Gasteiger charge is -2.36. The molecule has 2 aromatic rings. The molecule has 3 amide bonds. The fourth-order valence-electron chi connectivity index (χ4n) is 3.57. The summed E-state index contributed by atoms with van der Waals surface area (Å²) in [5.74, 6) is -1.10. The van der Waals surface area contributed by atoms with Gasteiger partial charge < -0.3 is 19.4 Å². The standard InChI is InChI=1S/C20H21ClN4O4/c21-17-4-2-14-13-15(1-3-16(14)22-17)18(26)23-5-7-24(8-6-23)19(27)20(28)25-9-11-29-12-10-25/h1-4,13H,5-12H2. The number of fused-ring (bicyclic) bond motifs is 1. The summed E-state index contributed by atoms with van der Waals surface area (Å²) in [7, 11) is 0. The summed E-state index contributed by atoms with van der Waals surface area (Å²) in [5, 5.41) is 1.24. The van der Waals surface area contributed by atoms with E-state index in [0.29, 0.717) is 63.2 Å². The zero-order chi connectivity index (χ0) is 20.4. The molecule has 8 nitrogen and oxygen atoms in total. The molecule has 2 fully saturated rings. The Morgan fingerprint density at radius 2 is 1.45 bits per heavy atom. The Morgan fingerprint density at radius 1 is 0.828 bits per heavy atom. The quantitative estimate of drug-likeness (QED) is 0.512. The molecule has 0 unspecified atom stereocenters. The number of aromatic nitrogens is 1. The number of rotatable bonds is 1. The van der Waals surface area contributed by atoms with Crippen LogP contribution < -0.4 is 0 Å². The molecule has 1 aromatic carbocycles. The van der Waals surface area contributed by atoms with Crippen LogP contribution in [0.3, 0.4) is 0 Å². The first-order valence-corrected chi connectivity index (χ1v) is 9.92. The maximum absolute atomic E-state index is 12.9. The van der Waals surface area contributed by atoms with Gasteiger partial charge in [-0.2, -0.15) is 0 Å². The number of hydrogen-bond donors (Lipinski definition) is 0. The molecule has 0 aliphatic carbocycles. The SMILES string of the molecule is O=C(C(=O)N1CCN(C(=O)c2ccc3nc(Cl)ccc3c2)CC1)N1CCOCC1. The Balaban J connectivity index is 1.37. The molecule has 29 heavy (non-hydrogen) atoms. The molecule has 9 heteroatoms. The molecular weight excluding hydrogens is 396 g/mol. The number of morpholine rings is 1. The summed E-state index contributed by atoms with van der Waals surface area (Å²) in [6, 6.07) is 8.81. The highest BCUT2D eigenvalue weighted by molar-refractivity contribution is 6.35. The zero-order valence-corrected chi connectivity index (χ0v) is 16.6. The van der Waals surface area contributed by atoms with Crippen LogP contribution in [0.25, 0.3) is 10.9 Å². The highest BCUT2D eigenvalue weighted by Crippen LogP contribution is 2.19. The van der Waals surface area contributed by atoms with Crippen molar-refractivity contribution in [2.75, 3.05) is 52.5 Å². The second-order valence-corrected chi connectivity index (χ2v) is 7.42. The Labute approximate surface area is 173 Å². The van der Waals surface area contributed by atoms with Crippen molar-refractivity contribution in [2.24, 2.45) is 0 Å². The molecule has 0 atom stereocenters. The van der Waals surface area contributed by atoms with E-state index >= 15 is 0 Å². The van der Waals surface area contributed by atoms with Crippen LogP contribution in [0.5, 0.6) is 0 Å². The molecule has 3 heterocycles. The summed E-state index contributed by atoms with van der Waals surface area (Å²) < 4.78 is 5.22. The van der Waals surface area contributed by atoms with Gasteiger partial charge in [-0.1, -0.05) is 11.6 Å². The highest BCUT2D eigenvalue weighted by atomic mass is 35.5. The molecular formula is C20H21ClN4O4. The third-order valence-electron chi connectivity index (χ3n) is 5.24. The van der Waals surface area contributed by atoms with Gasteiger partial charge in [-0.25, -0.2) is 4.98 Å². The van der Waals surface area contributed by atoms with E-state index in [1.807, 2.05) is 6.07 Å². The monoisotopic (exact) mass is 416 g/mol. The zero-order valence-electron chi connectivity index (χ0n) is 15.8. The third-order valence-corrected chi connectivity index (χ3v) is 5.45. The van der Waals surface area contributed by atoms with Gasteiger partial charge in [0.15, 0.2) is 0 Å². The van der Waals surface area contributed by atoms with Crippen LogP contribution in [-0.2, 0) is 14.3 Å². The largest absolute Gasteiger partial charge is 0.378 e. The molecule has 0 radical (unpaired) electrons. The first kappa shape index (κ1) is 19.6. The van der Waals surface area contributed by atoms with E-state index in [1.54, 1.807) is 29.2 Å². The van der Waals surface area contributed by atoms with E-state index in [9.17, 15) is 14.4 Å². The van der Waals surface area contributed by atoms with E-state index in [-0.39, 0.29) is 5.91 Å². The average Bonchev–Trinajstić information content (AvgIpc) is 2.78. The van der Waals surface area contributed by atoms with Crippen molar-refractivity contribution in [2.45, 2.75) is 0 Å². The number of carbonyl (C=O) groups is 3. The minimum absolute atomic E-state index is 0.103. The highest BCUT2D eigenvalue weighted by Gasteiger charge is 2.31. The van der Waals surface area contributed by atoms with Crippen molar-refractivity contribution >= 4 is 40.2 Å². The number of hydrogen-bond acceptors (Lipinski definition) is 5. The molecule has 2 aliphatic heterocycles. The smallest absolute Gasteiger partial charge is 0.312 e. The number of ether oxygens (including phenoxy) is 1. The van der Waals surface area contributed by atoms with Gasteiger partial charge in [-0.3, -0.25) is 14.4 Å². The number of pyridine rings is 1. The topological polar surface area (TPSA) is 83.1 Å². The van der Waals surface area contributed by atoms with Crippen molar-refractivity contribution in [3.8, 4) is 0 Å². The maximum atomic E-state index is 12.9. The van der Waals surface area contributed by atoms with Crippen LogP contribution in [0.1, 0.15) is 10.4 Å². The van der Waals surface area contributed by atoms with Crippen LogP contribution in [0.4, 0.5) is 0 Å². The van der Waals surface area contributed by atoms with Crippen LogP contribution in [0.15, 0.2) is 30.3 Å². The molecule has 2 saturated heterocycles. The van der Waals surface area contributed by atoms with Crippen molar-refractivity contribution in [3.63, 3.8) is 0 Å². The van der Waals surface area contributed by atoms with Crippen molar-refractivity contribution in [1.29, 1.82) is 0 Å². The lowest BCUT2D eigenvalue weighted by molar-refractivity contribution is -0.154. The fraction of sp³-hybridized carbons (Fsp3) is 0.400. The van der Waals surface area contributed by atoms with E-state index in [4.69, 9.17) is 16.3 Å². The number of amides is 3. The normalized spacial score (nSPS) is 17.5. The maximum Gasteiger partial charge on any atom is 0.312 e. The van der Waals surface area contributed by atoms with Crippen molar-refractivity contribution in [3.05, 3.63) is 41.0 Å². The van der Waals surface area contributed by atoms with Gasteiger partial charge in [0.25, 0.3) is 5.91 Å². The van der Waals surface area contributed by atoms with E-state index in [2.05, 4.69) is 4.98 Å². The average molecular weight is 417 g/mol. The molecule has 0 saturated carbocycles. The predicted molar refractivity (Wildman–Crippen MR) is 107 cm³/mol. The van der Waals surface area contributed by atoms with Crippen LogP contribution in [-0.4, -0.2) is 89.9 Å². The lowest BCUT2D eigenvalue weighted by Crippen LogP contribution is -2.55. The fourth-order valence-corrected chi connectivity index (χ4v) is 3.72. The van der Waals surface area contributed by atoms with E-state index in [1.165, 1.54) is 9.80 Å². The molecule has 0 spiro atoms. The van der Waals surface area contributed by atoms with Gasteiger partial charge in [0.1, 0.15) is 5.15 Å². The first-order valence-electron chi connectivity index (χ1n) is 9.54. The number of carbonyl (C=O) groups excluding carboxylic acids is 3. The third kappa shape index (κ3) is 4.18. The molecule has 2 aliphatic rings. The number of benzene rings is 1. The van der Waals surface area contributed by atoms with Crippen LogP contribution >= 0.6 is 11.6 Å². The van der Waals surface area contributed by atoms with Gasteiger partial charge in [-0.05, 0) is 30.3 Å². The van der Waals surface area contributed by atoms with Gasteiger partial charge in [0, 0.05) is 50.2 Å². The Kier molecular flexibility index (Phi) is 5.64. The van der Waals surface area contributed by atoms with Crippen LogP contribution in [0, 0.1) is 0 Å². The number of piperazine rings is 1. The van der Waals surface area contributed by atoms with Crippen LogP contribution in [0.2, 0.25) is 5.15 Å². The van der Waals surface area contributed by atoms with E-state index in [0.717, 1.165) is 10.9 Å². The number of nitrogens with zero attached hydrogens (tertiary/aromatic N) is 4. The van der Waals surface area contributed by atoms with Gasteiger partial charge in [0.05, 0.1) is 18.7 Å². The minimum Gasteiger partial charge on any atom is -0.378 e. The van der Waals surface area contributed by atoms with Crippen molar-refractivity contribution in [1.82, 2.24) is 19.7 Å². The Hall–Kier alpha value is -2.71. The molecule has 0 N–H and O–H groups in total. The number of halogens is 1. The Bertz CT molecular complexity index is 953. The molecule has 1 aromatic heterocycles. The molecule has 152 valence electrons. The second kappa shape index (κ2) is 8.34. The van der Waals surface area contributed by atoms with Gasteiger partial charge in [0.2, 0.25) is 0 Å². The summed E-state index contributed by atoms with van der Waals surface area (Å²) >= 11 is 5.90. The van der Waals surface area contributed by atoms with Crippen molar-refractivity contribution < 1.29 is 19.1 Å². The Morgan fingerprint density at radius 3 is 2.14 bits per heavy atom. The summed E-state index contributed by atoms with van der Waals surface area (Å²) in [5.41, 5.74) is 1.29. The molecule has 0 bridgehead atoms. The first-order chi connectivity index (χ1) is 14.0. The lowest BCUT2D eigenvalue weighted by atomic mass is 10.1. The minimum atomic E-state index is -0.507. The van der Waals surface area contributed by atoms with Gasteiger partial charge in [-0.15, -0.1) is 0 Å². The molecule has 4 rings (SSSR count). The second-order valence-electron chi connectivity index (χ2n) is 7.03. The summed E-state index contributed by atoms with van der Waals surface area (Å²) in [4.78, 5) is 46.7. The van der Waals surface area contributed by atoms with E-state index < -0.39 is 11.8 Å². The predicted octanol–water partition coefficient (Wildman–Crippen LogP) is 1.03.